The Bertz CT molecular complexity index is 394. The van der Waals surface area contributed by atoms with E-state index in [9.17, 15) is 0 Å². The highest BCUT2D eigenvalue weighted by atomic mass is 35.5. The number of imidazole rings is 1. The number of piperidine rings is 1. The molecule has 0 bridgehead atoms. The molecule has 3 heterocycles. The fourth-order valence-corrected chi connectivity index (χ4v) is 3.32. The fraction of sp³-hybridized carbons (Fsp3) is 0.769. The van der Waals surface area contributed by atoms with Crippen LogP contribution in [0.1, 0.15) is 43.5 Å². The van der Waals surface area contributed by atoms with E-state index in [-0.39, 0.29) is 0 Å². The van der Waals surface area contributed by atoms with Crippen molar-refractivity contribution in [2.75, 3.05) is 13.1 Å². The zero-order valence-electron chi connectivity index (χ0n) is 10.3. The third-order valence-electron chi connectivity index (χ3n) is 3.98. The van der Waals surface area contributed by atoms with Gasteiger partial charge in [-0.15, -0.1) is 0 Å². The molecule has 2 aliphatic rings. The second kappa shape index (κ2) is 4.99. The van der Waals surface area contributed by atoms with Crippen molar-refractivity contribution in [3.63, 3.8) is 0 Å². The number of likely N-dealkylation sites (tertiary alicyclic amines) is 1. The first-order valence-corrected chi connectivity index (χ1v) is 7.18. The average molecular weight is 254 g/mol. The van der Waals surface area contributed by atoms with Crippen molar-refractivity contribution in [2.45, 2.75) is 51.6 Å². The molecule has 0 unspecified atom stereocenters. The lowest BCUT2D eigenvalue weighted by atomic mass is 10.1. The van der Waals surface area contributed by atoms with Gasteiger partial charge in [0, 0.05) is 18.8 Å². The molecule has 0 saturated carbocycles. The average Bonchev–Trinajstić information content (AvgIpc) is 2.69. The Hall–Kier alpha value is -0.540. The maximum atomic E-state index is 6.21. The first-order valence-electron chi connectivity index (χ1n) is 6.81. The second-order valence-electron chi connectivity index (χ2n) is 5.22. The summed E-state index contributed by atoms with van der Waals surface area (Å²) in [6.45, 7) is 4.51. The van der Waals surface area contributed by atoms with Crippen molar-refractivity contribution in [2.24, 2.45) is 0 Å². The van der Waals surface area contributed by atoms with Crippen LogP contribution in [-0.4, -0.2) is 27.5 Å². The van der Waals surface area contributed by atoms with Gasteiger partial charge in [-0.05, 0) is 56.8 Å². The predicted molar refractivity (Wildman–Crippen MR) is 69.3 cm³/mol. The fourth-order valence-electron chi connectivity index (χ4n) is 3.03. The first kappa shape index (κ1) is 11.5. The SMILES string of the molecule is Clc1nc(CN2CCCCC2)c2n1CCCC2. The van der Waals surface area contributed by atoms with E-state index in [0.717, 1.165) is 19.5 Å². The van der Waals surface area contributed by atoms with E-state index >= 15 is 0 Å². The van der Waals surface area contributed by atoms with Crippen LogP contribution in [0, 0.1) is 0 Å². The summed E-state index contributed by atoms with van der Waals surface area (Å²) in [4.78, 5) is 7.10. The topological polar surface area (TPSA) is 21.1 Å². The van der Waals surface area contributed by atoms with Crippen molar-refractivity contribution >= 4 is 11.6 Å². The number of nitrogens with zero attached hydrogens (tertiary/aromatic N) is 3. The molecule has 1 aromatic rings. The minimum atomic E-state index is 0.701. The van der Waals surface area contributed by atoms with Gasteiger partial charge in [0.1, 0.15) is 0 Å². The Labute approximate surface area is 108 Å². The number of hydrogen-bond donors (Lipinski definition) is 0. The molecule has 0 aliphatic carbocycles. The molecule has 2 aliphatic heterocycles. The molecule has 0 radical (unpaired) electrons. The Morgan fingerprint density at radius 1 is 1.00 bits per heavy atom. The minimum Gasteiger partial charge on any atom is -0.319 e. The van der Waals surface area contributed by atoms with Crippen LogP contribution in [-0.2, 0) is 19.5 Å². The molecule has 0 amide bonds. The van der Waals surface area contributed by atoms with E-state index in [1.807, 2.05) is 0 Å². The number of aromatic nitrogens is 2. The normalized spacial score (nSPS) is 21.5. The van der Waals surface area contributed by atoms with Crippen LogP contribution in [0.4, 0.5) is 0 Å². The number of halogens is 1. The Morgan fingerprint density at radius 2 is 1.76 bits per heavy atom. The van der Waals surface area contributed by atoms with Crippen LogP contribution in [0.2, 0.25) is 5.28 Å². The molecule has 4 heteroatoms. The van der Waals surface area contributed by atoms with Gasteiger partial charge in [-0.1, -0.05) is 6.42 Å². The number of rotatable bonds is 2. The van der Waals surface area contributed by atoms with Crippen molar-refractivity contribution in [1.29, 1.82) is 0 Å². The molecule has 3 rings (SSSR count). The van der Waals surface area contributed by atoms with Crippen molar-refractivity contribution in [1.82, 2.24) is 14.5 Å². The smallest absolute Gasteiger partial charge is 0.203 e. The van der Waals surface area contributed by atoms with Gasteiger partial charge in [0.05, 0.1) is 5.69 Å². The van der Waals surface area contributed by atoms with Gasteiger partial charge in [-0.3, -0.25) is 4.90 Å². The second-order valence-corrected chi connectivity index (χ2v) is 5.56. The summed E-state index contributed by atoms with van der Waals surface area (Å²) < 4.78 is 2.21. The van der Waals surface area contributed by atoms with Crippen LogP contribution < -0.4 is 0 Å². The molecular formula is C13H20ClN3. The van der Waals surface area contributed by atoms with E-state index in [0.29, 0.717) is 5.28 Å². The highest BCUT2D eigenvalue weighted by Gasteiger charge is 2.21. The summed E-state index contributed by atoms with van der Waals surface area (Å²) in [5.41, 5.74) is 2.63. The molecular weight excluding hydrogens is 234 g/mol. The highest BCUT2D eigenvalue weighted by molar-refractivity contribution is 6.28. The molecule has 0 spiro atoms. The Kier molecular flexibility index (Phi) is 3.39. The van der Waals surface area contributed by atoms with E-state index in [4.69, 9.17) is 11.6 Å². The van der Waals surface area contributed by atoms with Crippen LogP contribution in [0.3, 0.4) is 0 Å². The van der Waals surface area contributed by atoms with Crippen LogP contribution >= 0.6 is 11.6 Å². The standard InChI is InChI=1S/C13H20ClN3/c14-13-15-11(10-16-7-3-1-4-8-16)12-6-2-5-9-17(12)13/h1-10H2. The van der Waals surface area contributed by atoms with Crippen LogP contribution in [0.5, 0.6) is 0 Å². The van der Waals surface area contributed by atoms with Crippen LogP contribution in [0.25, 0.3) is 0 Å². The lowest BCUT2D eigenvalue weighted by Crippen LogP contribution is -2.29. The lowest BCUT2D eigenvalue weighted by molar-refractivity contribution is 0.218. The summed E-state index contributed by atoms with van der Waals surface area (Å²) >= 11 is 6.21. The summed E-state index contributed by atoms with van der Waals surface area (Å²) in [7, 11) is 0. The molecule has 1 saturated heterocycles. The van der Waals surface area contributed by atoms with Gasteiger partial charge < -0.3 is 4.57 Å². The number of hydrogen-bond acceptors (Lipinski definition) is 2. The molecule has 17 heavy (non-hydrogen) atoms. The molecule has 3 nitrogen and oxygen atoms in total. The molecule has 0 atom stereocenters. The minimum absolute atomic E-state index is 0.701. The van der Waals surface area contributed by atoms with Gasteiger partial charge in [-0.2, -0.15) is 0 Å². The molecule has 0 N–H and O–H groups in total. The largest absolute Gasteiger partial charge is 0.319 e. The van der Waals surface area contributed by atoms with Crippen molar-refractivity contribution in [3.05, 3.63) is 16.7 Å². The van der Waals surface area contributed by atoms with E-state index in [2.05, 4.69) is 14.5 Å². The van der Waals surface area contributed by atoms with Crippen molar-refractivity contribution in [3.8, 4) is 0 Å². The lowest BCUT2D eigenvalue weighted by Gasteiger charge is -2.26. The zero-order chi connectivity index (χ0) is 11.7. The quantitative estimate of drug-likeness (QED) is 0.808. The molecule has 94 valence electrons. The summed E-state index contributed by atoms with van der Waals surface area (Å²) in [5.74, 6) is 0. The summed E-state index contributed by atoms with van der Waals surface area (Å²) in [6.07, 6.45) is 7.75. The van der Waals surface area contributed by atoms with E-state index < -0.39 is 0 Å². The van der Waals surface area contributed by atoms with Gasteiger partial charge in [0.15, 0.2) is 0 Å². The van der Waals surface area contributed by atoms with Gasteiger partial charge in [0.25, 0.3) is 0 Å². The summed E-state index contributed by atoms with van der Waals surface area (Å²) in [5, 5.41) is 0.701. The first-order chi connectivity index (χ1) is 8.34. The van der Waals surface area contributed by atoms with E-state index in [1.54, 1.807) is 0 Å². The Balaban J connectivity index is 1.78. The van der Waals surface area contributed by atoms with Crippen LogP contribution in [0.15, 0.2) is 0 Å². The highest BCUT2D eigenvalue weighted by Crippen LogP contribution is 2.25. The Morgan fingerprint density at radius 3 is 2.59 bits per heavy atom. The monoisotopic (exact) mass is 253 g/mol. The third-order valence-corrected chi connectivity index (χ3v) is 4.26. The predicted octanol–water partition coefficient (Wildman–Crippen LogP) is 2.86. The third kappa shape index (κ3) is 2.36. The molecule has 1 aromatic heterocycles. The van der Waals surface area contributed by atoms with Gasteiger partial charge >= 0.3 is 0 Å². The van der Waals surface area contributed by atoms with Crippen molar-refractivity contribution < 1.29 is 0 Å². The van der Waals surface area contributed by atoms with Gasteiger partial charge in [-0.25, -0.2) is 4.98 Å². The number of fused-ring (bicyclic) bond motifs is 1. The maximum absolute atomic E-state index is 6.21. The van der Waals surface area contributed by atoms with E-state index in [1.165, 1.54) is 56.6 Å². The van der Waals surface area contributed by atoms with Gasteiger partial charge in [0.2, 0.25) is 5.28 Å². The molecule has 0 aromatic carbocycles. The zero-order valence-corrected chi connectivity index (χ0v) is 11.0. The maximum Gasteiger partial charge on any atom is 0.203 e. The molecule has 1 fully saturated rings. The summed E-state index contributed by atoms with van der Waals surface area (Å²) in [6, 6.07) is 0.